The zero-order valence-electron chi connectivity index (χ0n) is 10.1. The Kier molecular flexibility index (Phi) is 4.36. The number of hydrogen-bond donors (Lipinski definition) is 0. The van der Waals surface area contributed by atoms with E-state index in [1.807, 2.05) is 0 Å². The Balaban J connectivity index is 1.65. The van der Waals surface area contributed by atoms with Gasteiger partial charge in [0.1, 0.15) is 6.61 Å². The van der Waals surface area contributed by atoms with Crippen molar-refractivity contribution in [3.8, 4) is 0 Å². The molecule has 3 heteroatoms. The summed E-state index contributed by atoms with van der Waals surface area (Å²) in [6, 6.07) is 0. The van der Waals surface area contributed by atoms with Crippen molar-refractivity contribution in [3.63, 3.8) is 0 Å². The molecule has 1 saturated heterocycles. The number of ether oxygens (including phenoxy) is 2. The lowest BCUT2D eigenvalue weighted by atomic mass is 9.89. The summed E-state index contributed by atoms with van der Waals surface area (Å²) in [4.78, 5) is 11.7. The highest BCUT2D eigenvalue weighted by Gasteiger charge is 2.25. The summed E-state index contributed by atoms with van der Waals surface area (Å²) in [5, 5.41) is 0. The van der Waals surface area contributed by atoms with Gasteiger partial charge in [0.05, 0.1) is 12.7 Å². The third kappa shape index (κ3) is 3.29. The van der Waals surface area contributed by atoms with Crippen LogP contribution in [0.4, 0.5) is 0 Å². The molecule has 92 valence electrons. The lowest BCUT2D eigenvalue weighted by Crippen LogP contribution is -2.26. The molecule has 0 aromatic carbocycles. The van der Waals surface area contributed by atoms with Gasteiger partial charge in [0.15, 0.2) is 5.78 Å². The second-order valence-corrected chi connectivity index (χ2v) is 5.22. The van der Waals surface area contributed by atoms with Gasteiger partial charge in [-0.1, -0.05) is 6.92 Å². The molecule has 1 aliphatic heterocycles. The quantitative estimate of drug-likeness (QED) is 0.737. The first kappa shape index (κ1) is 12.1. The molecule has 16 heavy (non-hydrogen) atoms. The predicted molar refractivity (Wildman–Crippen MR) is 61.3 cm³/mol. The molecule has 0 spiro atoms. The first-order chi connectivity index (χ1) is 7.75. The Morgan fingerprint density at radius 1 is 1.25 bits per heavy atom. The SMILES string of the molecule is CC1CCC(OCC(=O)C2CCOC2)CC1. The van der Waals surface area contributed by atoms with Crippen LogP contribution in [-0.2, 0) is 14.3 Å². The zero-order chi connectivity index (χ0) is 11.4. The van der Waals surface area contributed by atoms with Gasteiger partial charge >= 0.3 is 0 Å². The number of ketones is 1. The van der Waals surface area contributed by atoms with Crippen molar-refractivity contribution < 1.29 is 14.3 Å². The standard InChI is InChI=1S/C13H22O3/c1-10-2-4-12(5-3-10)16-9-13(14)11-6-7-15-8-11/h10-12H,2-9H2,1H3. The summed E-state index contributed by atoms with van der Waals surface area (Å²) in [5.74, 6) is 1.16. The van der Waals surface area contributed by atoms with Crippen molar-refractivity contribution in [2.45, 2.75) is 45.1 Å². The second-order valence-electron chi connectivity index (χ2n) is 5.22. The van der Waals surface area contributed by atoms with Gasteiger partial charge in [0.2, 0.25) is 0 Å². The van der Waals surface area contributed by atoms with E-state index in [-0.39, 0.29) is 11.7 Å². The maximum Gasteiger partial charge on any atom is 0.163 e. The highest BCUT2D eigenvalue weighted by molar-refractivity contribution is 5.82. The van der Waals surface area contributed by atoms with Gasteiger partial charge in [-0.15, -0.1) is 0 Å². The Bertz CT molecular complexity index is 225. The van der Waals surface area contributed by atoms with Crippen LogP contribution in [0.2, 0.25) is 0 Å². The van der Waals surface area contributed by atoms with E-state index in [0.29, 0.717) is 19.3 Å². The van der Waals surface area contributed by atoms with E-state index in [1.54, 1.807) is 0 Å². The summed E-state index contributed by atoms with van der Waals surface area (Å²) in [5.41, 5.74) is 0. The van der Waals surface area contributed by atoms with Crippen LogP contribution in [0.3, 0.4) is 0 Å². The highest BCUT2D eigenvalue weighted by Crippen LogP contribution is 2.25. The molecular weight excluding hydrogens is 204 g/mol. The molecular formula is C13H22O3. The minimum absolute atomic E-state index is 0.0996. The molecule has 1 atom stereocenters. The lowest BCUT2D eigenvalue weighted by Gasteiger charge is -2.26. The summed E-state index contributed by atoms with van der Waals surface area (Å²) >= 11 is 0. The van der Waals surface area contributed by atoms with E-state index in [9.17, 15) is 4.79 Å². The fraction of sp³-hybridized carbons (Fsp3) is 0.923. The van der Waals surface area contributed by atoms with Gasteiger partial charge in [-0.2, -0.15) is 0 Å². The molecule has 2 aliphatic rings. The molecule has 3 nitrogen and oxygen atoms in total. The van der Waals surface area contributed by atoms with Gasteiger partial charge in [0.25, 0.3) is 0 Å². The van der Waals surface area contributed by atoms with Crippen LogP contribution < -0.4 is 0 Å². The van der Waals surface area contributed by atoms with Crippen LogP contribution in [-0.4, -0.2) is 31.7 Å². The fourth-order valence-electron chi connectivity index (χ4n) is 2.50. The molecule has 0 aromatic rings. The topological polar surface area (TPSA) is 35.5 Å². The maximum atomic E-state index is 11.7. The van der Waals surface area contributed by atoms with Gasteiger partial charge in [-0.05, 0) is 38.0 Å². The second kappa shape index (κ2) is 5.78. The van der Waals surface area contributed by atoms with Crippen molar-refractivity contribution in [2.24, 2.45) is 11.8 Å². The summed E-state index contributed by atoms with van der Waals surface area (Å²) in [7, 11) is 0. The minimum atomic E-state index is 0.0996. The molecule has 1 unspecified atom stereocenters. The molecule has 0 amide bonds. The third-order valence-corrected chi connectivity index (χ3v) is 3.81. The predicted octanol–water partition coefficient (Wildman–Crippen LogP) is 2.19. The minimum Gasteiger partial charge on any atom is -0.381 e. The van der Waals surface area contributed by atoms with Crippen LogP contribution in [0.25, 0.3) is 0 Å². The summed E-state index contributed by atoms with van der Waals surface area (Å²) in [6.45, 7) is 3.92. The zero-order valence-corrected chi connectivity index (χ0v) is 10.1. The van der Waals surface area contributed by atoms with Crippen molar-refractivity contribution >= 4 is 5.78 Å². The maximum absolute atomic E-state index is 11.7. The van der Waals surface area contributed by atoms with Crippen LogP contribution in [0.5, 0.6) is 0 Å². The molecule has 2 fully saturated rings. The first-order valence-electron chi connectivity index (χ1n) is 6.47. The average Bonchev–Trinajstić information content (AvgIpc) is 2.81. The Hall–Kier alpha value is -0.410. The Morgan fingerprint density at radius 3 is 2.62 bits per heavy atom. The smallest absolute Gasteiger partial charge is 0.163 e. The number of carbonyl (C=O) groups is 1. The monoisotopic (exact) mass is 226 g/mol. The Labute approximate surface area is 97.5 Å². The van der Waals surface area contributed by atoms with Crippen molar-refractivity contribution in [2.75, 3.05) is 19.8 Å². The van der Waals surface area contributed by atoms with Gasteiger partial charge < -0.3 is 9.47 Å². The van der Waals surface area contributed by atoms with Crippen molar-refractivity contribution in [1.82, 2.24) is 0 Å². The van der Waals surface area contributed by atoms with E-state index in [2.05, 4.69) is 6.92 Å². The number of rotatable bonds is 4. The molecule has 0 N–H and O–H groups in total. The first-order valence-corrected chi connectivity index (χ1v) is 6.47. The molecule has 0 radical (unpaired) electrons. The van der Waals surface area contributed by atoms with E-state index in [0.717, 1.165) is 31.8 Å². The summed E-state index contributed by atoms with van der Waals surface area (Å²) in [6.07, 6.45) is 5.92. The normalized spacial score (nSPS) is 35.2. The molecule has 0 aromatic heterocycles. The number of hydrogen-bond acceptors (Lipinski definition) is 3. The van der Waals surface area contributed by atoms with Crippen molar-refractivity contribution in [1.29, 1.82) is 0 Å². The van der Waals surface area contributed by atoms with Gasteiger partial charge in [-0.25, -0.2) is 0 Å². The van der Waals surface area contributed by atoms with Crippen LogP contribution >= 0.6 is 0 Å². The third-order valence-electron chi connectivity index (χ3n) is 3.81. The summed E-state index contributed by atoms with van der Waals surface area (Å²) < 4.78 is 10.9. The highest BCUT2D eigenvalue weighted by atomic mass is 16.5. The molecule has 1 heterocycles. The van der Waals surface area contributed by atoms with E-state index >= 15 is 0 Å². The molecule has 2 rings (SSSR count). The Morgan fingerprint density at radius 2 is 2.00 bits per heavy atom. The number of Topliss-reactive ketones (excluding diaryl/α,β-unsaturated/α-hetero) is 1. The van der Waals surface area contributed by atoms with Crippen molar-refractivity contribution in [3.05, 3.63) is 0 Å². The van der Waals surface area contributed by atoms with E-state index < -0.39 is 0 Å². The molecule has 1 saturated carbocycles. The van der Waals surface area contributed by atoms with Crippen LogP contribution in [0.1, 0.15) is 39.0 Å². The number of carbonyl (C=O) groups excluding carboxylic acids is 1. The lowest BCUT2D eigenvalue weighted by molar-refractivity contribution is -0.130. The van der Waals surface area contributed by atoms with Gasteiger partial charge in [-0.3, -0.25) is 4.79 Å². The fourth-order valence-corrected chi connectivity index (χ4v) is 2.50. The van der Waals surface area contributed by atoms with Gasteiger partial charge in [0, 0.05) is 12.5 Å². The van der Waals surface area contributed by atoms with E-state index in [1.165, 1.54) is 12.8 Å². The average molecular weight is 226 g/mol. The van der Waals surface area contributed by atoms with Crippen LogP contribution in [0, 0.1) is 11.8 Å². The largest absolute Gasteiger partial charge is 0.381 e. The van der Waals surface area contributed by atoms with Crippen LogP contribution in [0.15, 0.2) is 0 Å². The van der Waals surface area contributed by atoms with E-state index in [4.69, 9.17) is 9.47 Å². The molecule has 1 aliphatic carbocycles. The molecule has 0 bridgehead atoms.